The van der Waals surface area contributed by atoms with Gasteiger partial charge in [-0.15, -0.1) is 0 Å². The number of aliphatic hydroxyl groups excluding tert-OH is 1. The van der Waals surface area contributed by atoms with Crippen LogP contribution in [0.3, 0.4) is 0 Å². The van der Waals surface area contributed by atoms with Gasteiger partial charge in [0.15, 0.2) is 0 Å². The van der Waals surface area contributed by atoms with Gasteiger partial charge in [-0.25, -0.2) is 0 Å². The van der Waals surface area contributed by atoms with Crippen LogP contribution in [0.2, 0.25) is 5.02 Å². The molecule has 1 amide bonds. The Bertz CT molecular complexity index is 1500. The summed E-state index contributed by atoms with van der Waals surface area (Å²) in [5.74, 6) is -0.988. The number of hydrogen-bond donors (Lipinski definition) is 1. The molecule has 38 heavy (non-hydrogen) atoms. The summed E-state index contributed by atoms with van der Waals surface area (Å²) >= 11 is 6.11. The van der Waals surface area contributed by atoms with Crippen molar-refractivity contribution in [1.29, 1.82) is 0 Å². The fourth-order valence-corrected chi connectivity index (χ4v) is 4.70. The number of carbonyl (C=O) groups excluding carboxylic acids is 2. The van der Waals surface area contributed by atoms with Crippen LogP contribution in [0.15, 0.2) is 103 Å². The molecule has 1 atom stereocenters. The van der Waals surface area contributed by atoms with Crippen molar-refractivity contribution in [3.05, 3.63) is 136 Å². The van der Waals surface area contributed by atoms with Crippen molar-refractivity contribution in [2.45, 2.75) is 26.1 Å². The Hall–Kier alpha value is -4.42. The predicted molar refractivity (Wildman–Crippen MR) is 145 cm³/mol. The molecule has 1 aliphatic heterocycles. The first-order valence-electron chi connectivity index (χ1n) is 12.1. The number of aromatic nitrogens is 1. The maximum atomic E-state index is 13.3. The smallest absolute Gasteiger partial charge is 0.295 e. The summed E-state index contributed by atoms with van der Waals surface area (Å²) in [7, 11) is 0. The lowest BCUT2D eigenvalue weighted by atomic mass is 9.94. The zero-order chi connectivity index (χ0) is 26.6. The van der Waals surface area contributed by atoms with Gasteiger partial charge in [0, 0.05) is 29.5 Å². The fraction of sp³-hybridized carbons (Fsp3) is 0.129. The third-order valence-electron chi connectivity index (χ3n) is 6.51. The van der Waals surface area contributed by atoms with Crippen LogP contribution in [0.5, 0.6) is 5.75 Å². The van der Waals surface area contributed by atoms with Crippen LogP contribution >= 0.6 is 11.6 Å². The molecule has 0 aliphatic carbocycles. The second-order valence-electron chi connectivity index (χ2n) is 9.09. The summed E-state index contributed by atoms with van der Waals surface area (Å²) < 4.78 is 5.96. The van der Waals surface area contributed by atoms with E-state index in [9.17, 15) is 14.7 Å². The molecule has 190 valence electrons. The molecule has 1 saturated heterocycles. The molecule has 3 aromatic carbocycles. The highest BCUT2D eigenvalue weighted by Crippen LogP contribution is 2.41. The van der Waals surface area contributed by atoms with Crippen molar-refractivity contribution >= 4 is 29.1 Å². The molecule has 0 saturated carbocycles. The zero-order valence-corrected chi connectivity index (χ0v) is 21.4. The molecule has 1 aliphatic rings. The summed E-state index contributed by atoms with van der Waals surface area (Å²) in [4.78, 5) is 32.0. The first-order chi connectivity index (χ1) is 18.4. The van der Waals surface area contributed by atoms with E-state index in [4.69, 9.17) is 16.3 Å². The molecule has 1 aromatic heterocycles. The molecule has 1 unspecified atom stereocenters. The maximum Gasteiger partial charge on any atom is 0.295 e. The van der Waals surface area contributed by atoms with Crippen LogP contribution in [-0.4, -0.2) is 26.7 Å². The first kappa shape index (κ1) is 25.2. The maximum absolute atomic E-state index is 13.3. The van der Waals surface area contributed by atoms with Gasteiger partial charge in [-0.3, -0.25) is 14.6 Å². The molecule has 5 rings (SSSR count). The average molecular weight is 525 g/mol. The number of nitrogens with zero attached hydrogens (tertiary/aromatic N) is 2. The lowest BCUT2D eigenvalue weighted by Crippen LogP contribution is -2.29. The monoisotopic (exact) mass is 524 g/mol. The Morgan fingerprint density at radius 3 is 2.34 bits per heavy atom. The van der Waals surface area contributed by atoms with Crippen molar-refractivity contribution in [2.75, 3.05) is 0 Å². The molecule has 4 aromatic rings. The number of hydrogen-bond acceptors (Lipinski definition) is 5. The number of rotatable bonds is 7. The summed E-state index contributed by atoms with van der Waals surface area (Å²) in [5, 5.41) is 11.9. The van der Waals surface area contributed by atoms with Crippen LogP contribution < -0.4 is 4.74 Å². The number of benzene rings is 3. The third-order valence-corrected chi connectivity index (χ3v) is 6.77. The van der Waals surface area contributed by atoms with Crippen LogP contribution in [0, 0.1) is 6.92 Å². The zero-order valence-electron chi connectivity index (χ0n) is 20.7. The van der Waals surface area contributed by atoms with E-state index >= 15 is 0 Å². The lowest BCUT2D eigenvalue weighted by Gasteiger charge is -2.25. The van der Waals surface area contributed by atoms with Crippen LogP contribution in [-0.2, 0) is 22.7 Å². The standard InChI is InChI=1S/C31H25ClN2O4/c1-20-17-24(9-12-26(20)38-19-22-5-3-2-4-6-22)29(35)27-28(23-7-10-25(32)11-8-23)34(31(37)30(27)36)18-21-13-15-33-16-14-21/h2-17,28,35H,18-19H2,1H3/b29-27-. The SMILES string of the molecule is Cc1cc(/C(O)=C2/C(=O)C(=O)N(Cc3ccncc3)C2c2ccc(Cl)cc2)ccc1OCc1ccccc1. The number of halogens is 1. The minimum absolute atomic E-state index is 0.0312. The van der Waals surface area contributed by atoms with Crippen molar-refractivity contribution in [3.8, 4) is 5.75 Å². The average Bonchev–Trinajstić information content (AvgIpc) is 3.18. The highest BCUT2D eigenvalue weighted by atomic mass is 35.5. The van der Waals surface area contributed by atoms with E-state index in [-0.39, 0.29) is 17.9 Å². The van der Waals surface area contributed by atoms with E-state index in [0.717, 1.165) is 16.7 Å². The minimum Gasteiger partial charge on any atom is -0.507 e. The third kappa shape index (κ3) is 5.17. The Balaban J connectivity index is 1.51. The molecule has 0 radical (unpaired) electrons. The largest absolute Gasteiger partial charge is 0.507 e. The molecule has 6 nitrogen and oxygen atoms in total. The second-order valence-corrected chi connectivity index (χ2v) is 9.52. The highest BCUT2D eigenvalue weighted by Gasteiger charge is 2.46. The first-order valence-corrected chi connectivity index (χ1v) is 12.5. The van der Waals surface area contributed by atoms with Crippen LogP contribution in [0.25, 0.3) is 5.76 Å². The van der Waals surface area contributed by atoms with Crippen molar-refractivity contribution in [1.82, 2.24) is 9.88 Å². The number of Topliss-reactive ketones (excluding diaryl/α,β-unsaturated/α-hetero) is 1. The van der Waals surface area contributed by atoms with Gasteiger partial charge < -0.3 is 14.7 Å². The number of ketones is 1. The molecular weight excluding hydrogens is 500 g/mol. The number of aryl methyl sites for hydroxylation is 1. The van der Waals surface area contributed by atoms with E-state index < -0.39 is 17.7 Å². The van der Waals surface area contributed by atoms with Gasteiger partial charge in [0.2, 0.25) is 0 Å². The summed E-state index contributed by atoms with van der Waals surface area (Å²) in [5.41, 5.74) is 3.77. The van der Waals surface area contributed by atoms with E-state index in [0.29, 0.717) is 28.5 Å². The van der Waals surface area contributed by atoms with Gasteiger partial charge in [0.1, 0.15) is 18.1 Å². The van der Waals surface area contributed by atoms with Gasteiger partial charge in [0.25, 0.3) is 11.7 Å². The number of aliphatic hydroxyl groups is 1. The molecule has 7 heteroatoms. The molecule has 1 N–H and O–H groups in total. The number of ether oxygens (including phenoxy) is 1. The summed E-state index contributed by atoms with van der Waals surface area (Å²) in [6.45, 7) is 2.46. The Morgan fingerprint density at radius 2 is 1.66 bits per heavy atom. The topological polar surface area (TPSA) is 79.7 Å². The van der Waals surface area contributed by atoms with Gasteiger partial charge >= 0.3 is 0 Å². The van der Waals surface area contributed by atoms with Crippen molar-refractivity contribution in [3.63, 3.8) is 0 Å². The van der Waals surface area contributed by atoms with Gasteiger partial charge in [-0.2, -0.15) is 0 Å². The number of pyridine rings is 1. The molecule has 0 spiro atoms. The summed E-state index contributed by atoms with van der Waals surface area (Å²) in [6.07, 6.45) is 3.26. The van der Waals surface area contributed by atoms with Crippen LogP contribution in [0.4, 0.5) is 0 Å². The van der Waals surface area contributed by atoms with E-state index in [2.05, 4.69) is 4.98 Å². The number of amides is 1. The van der Waals surface area contributed by atoms with Gasteiger partial charge in [-0.1, -0.05) is 54.1 Å². The second kappa shape index (κ2) is 10.9. The normalized spacial score (nSPS) is 16.6. The number of carbonyl (C=O) groups is 2. The van der Waals surface area contributed by atoms with Gasteiger partial charge in [0.05, 0.1) is 11.6 Å². The molecular formula is C31H25ClN2O4. The van der Waals surface area contributed by atoms with Crippen molar-refractivity contribution < 1.29 is 19.4 Å². The quantitative estimate of drug-likeness (QED) is 0.176. The Kier molecular flexibility index (Phi) is 7.24. The van der Waals surface area contributed by atoms with E-state index in [1.807, 2.05) is 37.3 Å². The number of likely N-dealkylation sites (tertiary alicyclic amines) is 1. The minimum atomic E-state index is -0.783. The van der Waals surface area contributed by atoms with E-state index in [1.165, 1.54) is 4.90 Å². The van der Waals surface area contributed by atoms with E-state index in [1.54, 1.807) is 67.0 Å². The highest BCUT2D eigenvalue weighted by molar-refractivity contribution is 6.46. The van der Waals surface area contributed by atoms with Crippen LogP contribution in [0.1, 0.15) is 33.9 Å². The predicted octanol–water partition coefficient (Wildman–Crippen LogP) is 6.24. The lowest BCUT2D eigenvalue weighted by molar-refractivity contribution is -0.140. The summed E-state index contributed by atoms with van der Waals surface area (Å²) in [6, 6.07) is 24.7. The fourth-order valence-electron chi connectivity index (χ4n) is 4.57. The van der Waals surface area contributed by atoms with Crippen molar-refractivity contribution in [2.24, 2.45) is 0 Å². The molecule has 1 fully saturated rings. The molecule has 0 bridgehead atoms. The van der Waals surface area contributed by atoms with Gasteiger partial charge in [-0.05, 0) is 71.6 Å². The Labute approximate surface area is 225 Å². The Morgan fingerprint density at radius 1 is 0.947 bits per heavy atom. The molecule has 2 heterocycles.